The first kappa shape index (κ1) is 15.7. The third-order valence-electron chi connectivity index (χ3n) is 2.51. The molecule has 1 amide bonds. The first-order valence-corrected chi connectivity index (χ1v) is 6.13. The normalized spacial score (nSPS) is 11.5. The fourth-order valence-corrected chi connectivity index (χ4v) is 1.69. The lowest BCUT2D eigenvalue weighted by Gasteiger charge is -2.18. The average Bonchev–Trinajstić information content (AvgIpc) is 2.31. The maximum atomic E-state index is 12.1. The number of hydrogen-bond acceptors (Lipinski definition) is 2. The summed E-state index contributed by atoms with van der Waals surface area (Å²) in [6, 6.07) is 0. The molecule has 8 heteroatoms. The van der Waals surface area contributed by atoms with E-state index >= 15 is 0 Å². The molecule has 1 N–H and O–H groups in total. The van der Waals surface area contributed by atoms with E-state index in [4.69, 9.17) is 0 Å². The minimum Gasteiger partial charge on any atom is -0.363 e. The molecule has 0 unspecified atom stereocenters. The molecule has 4 nitrogen and oxygen atoms in total. The third kappa shape index (κ3) is 4.09. The van der Waals surface area contributed by atoms with Crippen molar-refractivity contribution >= 4 is 21.8 Å². The number of pyridine rings is 1. The SMILES string of the molecule is Cc1[nH]cc(C(=O)N(C)CCC(F)(F)F)c(=O)c1Br. The van der Waals surface area contributed by atoms with Crippen molar-refractivity contribution in [2.75, 3.05) is 13.6 Å². The van der Waals surface area contributed by atoms with Gasteiger partial charge in [0.05, 0.1) is 10.9 Å². The molecular formula is C11H12BrF3N2O2. The molecule has 0 aliphatic heterocycles. The van der Waals surface area contributed by atoms with E-state index in [0.717, 1.165) is 4.90 Å². The molecule has 0 aliphatic rings. The topological polar surface area (TPSA) is 53.2 Å². The van der Waals surface area contributed by atoms with Crippen molar-refractivity contribution in [3.05, 3.63) is 32.2 Å². The van der Waals surface area contributed by atoms with E-state index in [1.54, 1.807) is 6.92 Å². The van der Waals surface area contributed by atoms with E-state index in [1.807, 2.05) is 0 Å². The Balaban J connectivity index is 2.90. The zero-order valence-electron chi connectivity index (χ0n) is 10.3. The Kier molecular flexibility index (Phi) is 4.78. The van der Waals surface area contributed by atoms with Crippen LogP contribution in [0, 0.1) is 6.92 Å². The molecule has 0 spiro atoms. The first-order valence-electron chi connectivity index (χ1n) is 5.33. The maximum Gasteiger partial charge on any atom is 0.390 e. The van der Waals surface area contributed by atoms with Crippen molar-refractivity contribution in [1.29, 1.82) is 0 Å². The monoisotopic (exact) mass is 340 g/mol. The van der Waals surface area contributed by atoms with Crippen LogP contribution in [0.15, 0.2) is 15.5 Å². The summed E-state index contributed by atoms with van der Waals surface area (Å²) >= 11 is 3.02. The molecule has 0 aliphatic carbocycles. The Morgan fingerprint density at radius 1 is 1.47 bits per heavy atom. The fraction of sp³-hybridized carbons (Fsp3) is 0.455. The van der Waals surface area contributed by atoms with E-state index in [0.29, 0.717) is 5.69 Å². The molecule has 0 aromatic carbocycles. The lowest BCUT2D eigenvalue weighted by molar-refractivity contribution is -0.136. The second kappa shape index (κ2) is 5.77. The van der Waals surface area contributed by atoms with E-state index in [2.05, 4.69) is 20.9 Å². The van der Waals surface area contributed by atoms with Gasteiger partial charge >= 0.3 is 6.18 Å². The number of aryl methyl sites for hydroxylation is 1. The summed E-state index contributed by atoms with van der Waals surface area (Å²) in [6.07, 6.45) is -4.25. The largest absolute Gasteiger partial charge is 0.390 e. The van der Waals surface area contributed by atoms with Gasteiger partial charge in [-0.05, 0) is 22.9 Å². The zero-order chi connectivity index (χ0) is 14.8. The van der Waals surface area contributed by atoms with Crippen LogP contribution in [0.3, 0.4) is 0 Å². The highest BCUT2D eigenvalue weighted by atomic mass is 79.9. The molecule has 106 valence electrons. The van der Waals surface area contributed by atoms with Crippen molar-refractivity contribution in [2.45, 2.75) is 19.5 Å². The number of aromatic amines is 1. The molecule has 1 aromatic rings. The molecule has 0 fully saturated rings. The Hall–Kier alpha value is -1.31. The van der Waals surface area contributed by atoms with Gasteiger partial charge in [0.15, 0.2) is 0 Å². The van der Waals surface area contributed by atoms with E-state index in [1.165, 1.54) is 13.2 Å². The second-order valence-electron chi connectivity index (χ2n) is 4.06. The van der Waals surface area contributed by atoms with Crippen LogP contribution in [0.2, 0.25) is 0 Å². The molecule has 1 aromatic heterocycles. The van der Waals surface area contributed by atoms with Gasteiger partial charge in [0, 0.05) is 25.5 Å². The summed E-state index contributed by atoms with van der Waals surface area (Å²) in [5.41, 5.74) is -0.193. The molecule has 0 radical (unpaired) electrons. The van der Waals surface area contributed by atoms with Crippen LogP contribution in [0.1, 0.15) is 22.5 Å². The number of halogens is 4. The third-order valence-corrected chi connectivity index (χ3v) is 3.47. The quantitative estimate of drug-likeness (QED) is 0.918. The average molecular weight is 341 g/mol. The van der Waals surface area contributed by atoms with Crippen LogP contribution in [0.4, 0.5) is 13.2 Å². The van der Waals surface area contributed by atoms with E-state index < -0.39 is 30.5 Å². The van der Waals surface area contributed by atoms with Crippen molar-refractivity contribution < 1.29 is 18.0 Å². The highest BCUT2D eigenvalue weighted by Crippen LogP contribution is 2.19. The predicted molar refractivity (Wildman–Crippen MR) is 67.1 cm³/mol. The summed E-state index contributed by atoms with van der Waals surface area (Å²) in [5, 5.41) is 0. The Labute approximate surface area is 115 Å². The Bertz CT molecular complexity index is 540. The van der Waals surface area contributed by atoms with Crippen LogP contribution in [0.5, 0.6) is 0 Å². The molecule has 0 saturated carbocycles. The van der Waals surface area contributed by atoms with Crippen LogP contribution >= 0.6 is 15.9 Å². The van der Waals surface area contributed by atoms with Gasteiger partial charge in [0.25, 0.3) is 5.91 Å². The zero-order valence-corrected chi connectivity index (χ0v) is 11.9. The van der Waals surface area contributed by atoms with Crippen molar-refractivity contribution in [3.63, 3.8) is 0 Å². The minimum absolute atomic E-state index is 0.192. The number of carbonyl (C=O) groups is 1. The van der Waals surface area contributed by atoms with E-state index in [-0.39, 0.29) is 10.0 Å². The number of amides is 1. The van der Waals surface area contributed by atoms with Crippen molar-refractivity contribution in [3.8, 4) is 0 Å². The Morgan fingerprint density at radius 2 is 2.05 bits per heavy atom. The smallest absolute Gasteiger partial charge is 0.363 e. The number of nitrogens with zero attached hydrogens (tertiary/aromatic N) is 1. The summed E-state index contributed by atoms with van der Waals surface area (Å²) in [7, 11) is 1.22. The molecule has 0 atom stereocenters. The van der Waals surface area contributed by atoms with Gasteiger partial charge in [-0.2, -0.15) is 13.2 Å². The number of carbonyl (C=O) groups excluding carboxylic acids is 1. The lowest BCUT2D eigenvalue weighted by Crippen LogP contribution is -2.34. The van der Waals surface area contributed by atoms with Gasteiger partial charge in [-0.15, -0.1) is 0 Å². The predicted octanol–water partition coefficient (Wildman–Crippen LogP) is 2.47. The molecule has 19 heavy (non-hydrogen) atoms. The van der Waals surface area contributed by atoms with Gasteiger partial charge in [0.1, 0.15) is 5.56 Å². The number of rotatable bonds is 3. The van der Waals surface area contributed by atoms with Crippen LogP contribution < -0.4 is 5.43 Å². The van der Waals surface area contributed by atoms with Crippen molar-refractivity contribution in [2.24, 2.45) is 0 Å². The first-order chi connectivity index (χ1) is 8.63. The molecule has 0 bridgehead atoms. The van der Waals surface area contributed by atoms with Gasteiger partial charge in [-0.25, -0.2) is 0 Å². The van der Waals surface area contributed by atoms with Gasteiger partial charge in [-0.3, -0.25) is 9.59 Å². The standard InChI is InChI=1S/C11H12BrF3N2O2/c1-6-8(12)9(18)7(5-16-6)10(19)17(2)4-3-11(13,14)15/h5H,3-4H2,1-2H3,(H,16,18). The lowest BCUT2D eigenvalue weighted by atomic mass is 10.2. The van der Waals surface area contributed by atoms with Crippen LogP contribution in [0.25, 0.3) is 0 Å². The van der Waals surface area contributed by atoms with Gasteiger partial charge < -0.3 is 9.88 Å². The molecule has 1 rings (SSSR count). The molecular weight excluding hydrogens is 329 g/mol. The van der Waals surface area contributed by atoms with Crippen LogP contribution in [-0.4, -0.2) is 35.6 Å². The number of aromatic nitrogens is 1. The van der Waals surface area contributed by atoms with Crippen molar-refractivity contribution in [1.82, 2.24) is 9.88 Å². The maximum absolute atomic E-state index is 12.1. The second-order valence-corrected chi connectivity index (χ2v) is 4.86. The summed E-state index contributed by atoms with van der Waals surface area (Å²) in [6.45, 7) is 1.14. The number of hydrogen-bond donors (Lipinski definition) is 1. The number of nitrogens with one attached hydrogen (secondary N) is 1. The summed E-state index contributed by atoms with van der Waals surface area (Å²) in [4.78, 5) is 27.2. The fourth-order valence-electron chi connectivity index (χ4n) is 1.36. The highest BCUT2D eigenvalue weighted by molar-refractivity contribution is 9.10. The van der Waals surface area contributed by atoms with Gasteiger partial charge in [0.2, 0.25) is 5.43 Å². The van der Waals surface area contributed by atoms with Gasteiger partial charge in [-0.1, -0.05) is 0 Å². The molecule has 0 saturated heterocycles. The van der Waals surface area contributed by atoms with Crippen LogP contribution in [-0.2, 0) is 0 Å². The summed E-state index contributed by atoms with van der Waals surface area (Å²) in [5.74, 6) is -0.744. The molecule has 1 heterocycles. The number of H-pyrrole nitrogens is 1. The Morgan fingerprint density at radius 3 is 2.58 bits per heavy atom. The van der Waals surface area contributed by atoms with E-state index in [9.17, 15) is 22.8 Å². The minimum atomic E-state index is -4.34. The number of alkyl halides is 3. The summed E-state index contributed by atoms with van der Waals surface area (Å²) < 4.78 is 36.4. The highest BCUT2D eigenvalue weighted by Gasteiger charge is 2.28.